The van der Waals surface area contributed by atoms with Gasteiger partial charge in [-0.3, -0.25) is 4.79 Å². The van der Waals surface area contributed by atoms with Crippen LogP contribution in [0, 0.1) is 0 Å². The molecule has 0 spiro atoms. The molecule has 4 rings (SSSR count). The molecule has 0 aliphatic carbocycles. The van der Waals surface area contributed by atoms with E-state index in [1.165, 1.54) is 17.3 Å². The quantitative estimate of drug-likeness (QED) is 0.691. The lowest BCUT2D eigenvalue weighted by atomic mass is 10.1. The van der Waals surface area contributed by atoms with Gasteiger partial charge >= 0.3 is 0 Å². The molecule has 0 radical (unpaired) electrons. The Labute approximate surface area is 137 Å². The van der Waals surface area contributed by atoms with Crippen molar-refractivity contribution in [3.63, 3.8) is 0 Å². The Morgan fingerprint density at radius 3 is 3.09 bits per heavy atom. The van der Waals surface area contributed by atoms with Crippen LogP contribution in [0.3, 0.4) is 0 Å². The summed E-state index contributed by atoms with van der Waals surface area (Å²) in [5, 5.41) is 4.88. The summed E-state index contributed by atoms with van der Waals surface area (Å²) in [5.74, 6) is 0.942. The highest BCUT2D eigenvalue weighted by molar-refractivity contribution is 7.99. The van der Waals surface area contributed by atoms with Crippen LogP contribution in [0.2, 0.25) is 0 Å². The summed E-state index contributed by atoms with van der Waals surface area (Å²) < 4.78 is 1.61. The third-order valence-corrected chi connectivity index (χ3v) is 4.72. The van der Waals surface area contributed by atoms with Crippen LogP contribution in [0.5, 0.6) is 0 Å². The number of fused-ring (bicyclic) bond motifs is 2. The molecular weight excluding hydrogens is 310 g/mol. The second-order valence-corrected chi connectivity index (χ2v) is 6.44. The molecule has 1 aliphatic heterocycles. The minimum Gasteiger partial charge on any atom is -0.308 e. The number of rotatable bonds is 3. The zero-order valence-electron chi connectivity index (χ0n) is 12.6. The molecule has 0 N–H and O–H groups in total. The number of carbonyl (C=O) groups excluding carboxylic acids is 1. The van der Waals surface area contributed by atoms with Crippen LogP contribution in [0.15, 0.2) is 47.9 Å². The average Bonchev–Trinajstić information content (AvgIpc) is 3.12. The predicted molar refractivity (Wildman–Crippen MR) is 88.6 cm³/mol. The van der Waals surface area contributed by atoms with E-state index in [1.807, 2.05) is 23.1 Å². The average molecular weight is 325 g/mol. The first-order valence-corrected chi connectivity index (χ1v) is 8.41. The van der Waals surface area contributed by atoms with Crippen LogP contribution in [0.25, 0.3) is 5.78 Å². The van der Waals surface area contributed by atoms with Crippen LogP contribution in [0.4, 0.5) is 5.69 Å². The molecule has 1 unspecified atom stereocenters. The van der Waals surface area contributed by atoms with Gasteiger partial charge in [-0.25, -0.2) is 9.50 Å². The van der Waals surface area contributed by atoms with Crippen LogP contribution in [-0.4, -0.2) is 37.3 Å². The van der Waals surface area contributed by atoms with Gasteiger partial charge in [-0.05, 0) is 31.0 Å². The topological polar surface area (TPSA) is 63.4 Å². The molecule has 3 heterocycles. The van der Waals surface area contributed by atoms with Gasteiger partial charge in [0, 0.05) is 24.1 Å². The van der Waals surface area contributed by atoms with E-state index in [0.29, 0.717) is 16.7 Å². The highest BCUT2D eigenvalue weighted by atomic mass is 32.2. The summed E-state index contributed by atoms with van der Waals surface area (Å²) in [4.78, 5) is 23.0. The van der Waals surface area contributed by atoms with Gasteiger partial charge < -0.3 is 4.90 Å². The smallest absolute Gasteiger partial charge is 0.253 e. The van der Waals surface area contributed by atoms with Crippen molar-refractivity contribution < 1.29 is 4.79 Å². The summed E-state index contributed by atoms with van der Waals surface area (Å²) in [5.41, 5.74) is 2.25. The molecule has 1 aliphatic rings. The SMILES string of the molecule is CC1Cc2ccccc2N1C(=O)CSc1nc2ncccn2n1. The van der Waals surface area contributed by atoms with E-state index in [-0.39, 0.29) is 11.9 Å². The summed E-state index contributed by atoms with van der Waals surface area (Å²) >= 11 is 1.34. The molecule has 3 aromatic rings. The fraction of sp³-hybridized carbons (Fsp3) is 0.250. The van der Waals surface area contributed by atoms with E-state index in [0.717, 1.165) is 12.1 Å². The largest absolute Gasteiger partial charge is 0.308 e. The highest BCUT2D eigenvalue weighted by Gasteiger charge is 2.30. The third-order valence-electron chi connectivity index (χ3n) is 3.90. The Hall–Kier alpha value is -2.41. The van der Waals surface area contributed by atoms with E-state index in [2.05, 4.69) is 28.1 Å². The minimum atomic E-state index is 0.0827. The van der Waals surface area contributed by atoms with E-state index in [9.17, 15) is 4.79 Å². The number of nitrogens with zero attached hydrogens (tertiary/aromatic N) is 5. The molecule has 1 amide bonds. The van der Waals surface area contributed by atoms with Crippen molar-refractivity contribution in [3.8, 4) is 0 Å². The first kappa shape index (κ1) is 14.2. The molecule has 0 bridgehead atoms. The molecule has 6 nitrogen and oxygen atoms in total. The fourth-order valence-corrected chi connectivity index (χ4v) is 3.60. The molecule has 23 heavy (non-hydrogen) atoms. The van der Waals surface area contributed by atoms with Gasteiger partial charge in [0.15, 0.2) is 0 Å². The number of anilines is 1. The first-order valence-electron chi connectivity index (χ1n) is 7.42. The highest BCUT2D eigenvalue weighted by Crippen LogP contribution is 2.32. The number of aromatic nitrogens is 4. The van der Waals surface area contributed by atoms with E-state index in [1.54, 1.807) is 23.0 Å². The van der Waals surface area contributed by atoms with Crippen LogP contribution < -0.4 is 4.90 Å². The summed E-state index contributed by atoms with van der Waals surface area (Å²) in [6.07, 6.45) is 4.37. The zero-order valence-corrected chi connectivity index (χ0v) is 13.4. The summed E-state index contributed by atoms with van der Waals surface area (Å²) in [6.45, 7) is 2.08. The van der Waals surface area contributed by atoms with Crippen LogP contribution in [-0.2, 0) is 11.2 Å². The number of carbonyl (C=O) groups is 1. The van der Waals surface area contributed by atoms with E-state index in [4.69, 9.17) is 0 Å². The predicted octanol–water partition coefficient (Wildman–Crippen LogP) is 2.19. The Morgan fingerprint density at radius 2 is 2.22 bits per heavy atom. The number of hydrogen-bond acceptors (Lipinski definition) is 5. The van der Waals surface area contributed by atoms with Gasteiger partial charge in [-0.1, -0.05) is 30.0 Å². The number of para-hydroxylation sites is 1. The van der Waals surface area contributed by atoms with Gasteiger partial charge in [0.25, 0.3) is 5.78 Å². The van der Waals surface area contributed by atoms with Crippen molar-refractivity contribution in [2.75, 3.05) is 10.7 Å². The number of thioether (sulfide) groups is 1. The Morgan fingerprint density at radius 1 is 1.35 bits per heavy atom. The lowest BCUT2D eigenvalue weighted by molar-refractivity contribution is -0.116. The molecule has 1 aromatic carbocycles. The van der Waals surface area contributed by atoms with E-state index >= 15 is 0 Å². The van der Waals surface area contributed by atoms with Crippen molar-refractivity contribution in [2.45, 2.75) is 24.5 Å². The number of benzene rings is 1. The normalized spacial score (nSPS) is 16.7. The zero-order chi connectivity index (χ0) is 15.8. The van der Waals surface area contributed by atoms with Gasteiger partial charge in [-0.15, -0.1) is 5.10 Å². The molecule has 2 aromatic heterocycles. The van der Waals surface area contributed by atoms with Crippen molar-refractivity contribution in [1.82, 2.24) is 19.6 Å². The third kappa shape index (κ3) is 2.57. The maximum atomic E-state index is 12.6. The van der Waals surface area contributed by atoms with Crippen molar-refractivity contribution in [3.05, 3.63) is 48.3 Å². The van der Waals surface area contributed by atoms with Crippen molar-refractivity contribution in [1.29, 1.82) is 0 Å². The van der Waals surface area contributed by atoms with Crippen molar-refractivity contribution in [2.24, 2.45) is 0 Å². The van der Waals surface area contributed by atoms with Gasteiger partial charge in [0.1, 0.15) is 0 Å². The lowest BCUT2D eigenvalue weighted by Gasteiger charge is -2.22. The molecular formula is C16H15N5OS. The minimum absolute atomic E-state index is 0.0827. The fourth-order valence-electron chi connectivity index (χ4n) is 2.92. The second-order valence-electron chi connectivity index (χ2n) is 5.49. The van der Waals surface area contributed by atoms with Gasteiger partial charge in [0.05, 0.1) is 5.75 Å². The van der Waals surface area contributed by atoms with Gasteiger partial charge in [-0.2, -0.15) is 4.98 Å². The molecule has 1 atom stereocenters. The maximum Gasteiger partial charge on any atom is 0.253 e. The first-order chi connectivity index (χ1) is 11.2. The molecule has 116 valence electrons. The Kier molecular flexibility index (Phi) is 3.49. The lowest BCUT2D eigenvalue weighted by Crippen LogP contribution is -2.37. The van der Waals surface area contributed by atoms with Crippen LogP contribution in [0.1, 0.15) is 12.5 Å². The molecule has 7 heteroatoms. The summed E-state index contributed by atoms with van der Waals surface area (Å²) in [6, 6.07) is 10.1. The second kappa shape index (κ2) is 5.66. The Bertz CT molecular complexity index is 845. The molecule has 0 fully saturated rings. The molecule has 0 saturated carbocycles. The van der Waals surface area contributed by atoms with Crippen LogP contribution >= 0.6 is 11.8 Å². The Balaban J connectivity index is 1.50. The monoisotopic (exact) mass is 325 g/mol. The molecule has 0 saturated heterocycles. The van der Waals surface area contributed by atoms with E-state index < -0.39 is 0 Å². The number of amides is 1. The summed E-state index contributed by atoms with van der Waals surface area (Å²) in [7, 11) is 0. The van der Waals surface area contributed by atoms with Crippen molar-refractivity contribution >= 4 is 29.1 Å². The number of hydrogen-bond donors (Lipinski definition) is 0. The maximum absolute atomic E-state index is 12.6. The standard InChI is InChI=1S/C16H15N5OS/c1-11-9-12-5-2-3-6-13(12)21(11)14(22)10-23-16-18-15-17-7-4-8-20(15)19-16/h2-8,11H,9-10H2,1H3. The van der Waals surface area contributed by atoms with Gasteiger partial charge in [0.2, 0.25) is 11.1 Å².